The van der Waals surface area contributed by atoms with E-state index in [0.717, 1.165) is 17.7 Å². The topological polar surface area (TPSA) is 80.8 Å². The van der Waals surface area contributed by atoms with Crippen LogP contribution in [0.4, 0.5) is 14.6 Å². The number of hydrogen-bond donors (Lipinski definition) is 2. The van der Waals surface area contributed by atoms with E-state index in [1.165, 1.54) is 6.08 Å². The second-order valence-electron chi connectivity index (χ2n) is 9.18. The largest absolute Gasteiger partial charge is 0.399 e. The number of alkyl halides is 2. The molecular formula is C27H41F2N3O3. The molecular weight excluding hydrogens is 452 g/mol. The van der Waals surface area contributed by atoms with Gasteiger partial charge in [0.2, 0.25) is 0 Å². The predicted octanol–water partition coefficient (Wildman–Crippen LogP) is 4.65. The summed E-state index contributed by atoms with van der Waals surface area (Å²) in [5.41, 5.74) is 8.74. The highest BCUT2D eigenvalue weighted by Crippen LogP contribution is 2.35. The van der Waals surface area contributed by atoms with E-state index in [-0.39, 0.29) is 23.9 Å². The Hall–Kier alpha value is -2.29. The minimum Gasteiger partial charge on any atom is -0.399 e. The second-order valence-corrected chi connectivity index (χ2v) is 9.18. The molecule has 1 aliphatic heterocycles. The van der Waals surface area contributed by atoms with Crippen LogP contribution in [-0.4, -0.2) is 62.1 Å². The van der Waals surface area contributed by atoms with Gasteiger partial charge in [-0.2, -0.15) is 0 Å². The second kappa shape index (κ2) is 14.3. The summed E-state index contributed by atoms with van der Waals surface area (Å²) in [5, 5.41) is 9.93. The maximum Gasteiger partial charge on any atom is 0.264 e. The summed E-state index contributed by atoms with van der Waals surface area (Å²) in [6.45, 7) is 12.2. The van der Waals surface area contributed by atoms with Gasteiger partial charge in [0, 0.05) is 36.7 Å². The minimum absolute atomic E-state index is 0.0831. The maximum atomic E-state index is 14.2. The molecule has 1 fully saturated rings. The molecule has 2 heterocycles. The molecule has 0 radical (unpaired) electrons. The van der Waals surface area contributed by atoms with Crippen molar-refractivity contribution in [2.24, 2.45) is 11.7 Å². The van der Waals surface area contributed by atoms with E-state index < -0.39 is 6.43 Å². The smallest absolute Gasteiger partial charge is 0.264 e. The van der Waals surface area contributed by atoms with E-state index in [2.05, 4.69) is 13.8 Å². The van der Waals surface area contributed by atoms with Crippen LogP contribution in [0, 0.1) is 12.8 Å². The number of morpholine rings is 1. The first-order valence-corrected chi connectivity index (χ1v) is 12.3. The molecule has 0 bridgehead atoms. The summed E-state index contributed by atoms with van der Waals surface area (Å²) in [7, 11) is 0. The lowest BCUT2D eigenvalue weighted by Gasteiger charge is -2.37. The van der Waals surface area contributed by atoms with E-state index in [1.54, 1.807) is 26.0 Å². The monoisotopic (exact) mass is 493 g/mol. The fourth-order valence-corrected chi connectivity index (χ4v) is 4.09. The first-order chi connectivity index (χ1) is 16.7. The molecule has 8 heteroatoms. The van der Waals surface area contributed by atoms with Gasteiger partial charge in [-0.1, -0.05) is 26.0 Å². The first kappa shape index (κ1) is 28.9. The van der Waals surface area contributed by atoms with Gasteiger partial charge < -0.3 is 25.2 Å². The van der Waals surface area contributed by atoms with Crippen molar-refractivity contribution < 1.29 is 23.4 Å². The highest BCUT2D eigenvalue weighted by molar-refractivity contribution is 5.83. The number of ether oxygens (including phenoxy) is 2. The van der Waals surface area contributed by atoms with Crippen LogP contribution in [-0.2, 0) is 15.9 Å². The van der Waals surface area contributed by atoms with E-state index in [9.17, 15) is 13.9 Å². The van der Waals surface area contributed by atoms with Crippen molar-refractivity contribution >= 4 is 11.4 Å². The zero-order chi connectivity index (χ0) is 26.0. The Kier molecular flexibility index (Phi) is 11.8. The first-order valence-electron chi connectivity index (χ1n) is 12.3. The summed E-state index contributed by atoms with van der Waals surface area (Å²) in [6, 6.07) is 1.65. The van der Waals surface area contributed by atoms with Gasteiger partial charge in [0.1, 0.15) is 5.82 Å². The van der Waals surface area contributed by atoms with Crippen molar-refractivity contribution in [3.05, 3.63) is 52.4 Å². The molecule has 1 aromatic heterocycles. The molecule has 1 atom stereocenters. The van der Waals surface area contributed by atoms with Gasteiger partial charge in [0.05, 0.1) is 25.9 Å². The summed E-state index contributed by atoms with van der Waals surface area (Å²) < 4.78 is 39.6. The quantitative estimate of drug-likeness (QED) is 0.326. The Labute approximate surface area is 208 Å². The number of nitrogens with zero attached hydrogens (tertiary/aromatic N) is 2. The van der Waals surface area contributed by atoms with E-state index in [0.29, 0.717) is 62.3 Å². The molecule has 0 saturated carbocycles. The van der Waals surface area contributed by atoms with Gasteiger partial charge in [-0.3, -0.25) is 0 Å². The molecule has 35 heavy (non-hydrogen) atoms. The zero-order valence-corrected chi connectivity index (χ0v) is 21.7. The third-order valence-electron chi connectivity index (χ3n) is 5.96. The average molecular weight is 494 g/mol. The maximum absolute atomic E-state index is 14.2. The summed E-state index contributed by atoms with van der Waals surface area (Å²) in [6.07, 6.45) is 3.35. The Morgan fingerprint density at radius 2 is 2.09 bits per heavy atom. The zero-order valence-electron chi connectivity index (χ0n) is 21.7. The van der Waals surface area contributed by atoms with E-state index >= 15 is 0 Å². The molecule has 1 aliphatic rings. The molecule has 0 aliphatic carbocycles. The van der Waals surface area contributed by atoms with Gasteiger partial charge in [-0.15, -0.1) is 0 Å². The fourth-order valence-electron chi connectivity index (χ4n) is 4.09. The fraction of sp³-hybridized carbons (Fsp3) is 0.593. The number of aliphatic hydroxyl groups is 1. The molecule has 196 valence electrons. The SMILES string of the molecule is C/C=C(N)/C=C(\C(=C/C)c1cc(CCCOCC(C)C)nc(N2CCOC[C@H]2CO)c1C)C(F)F. The number of pyridine rings is 1. The lowest BCUT2D eigenvalue weighted by atomic mass is 9.92. The molecule has 0 aromatic carbocycles. The number of aryl methyl sites for hydroxylation is 1. The van der Waals surface area contributed by atoms with Gasteiger partial charge in [-0.05, 0) is 68.4 Å². The van der Waals surface area contributed by atoms with Crippen LogP contribution in [0.3, 0.4) is 0 Å². The van der Waals surface area contributed by atoms with Gasteiger partial charge in [0.25, 0.3) is 6.43 Å². The van der Waals surface area contributed by atoms with E-state index in [4.69, 9.17) is 20.2 Å². The molecule has 1 aromatic rings. The molecule has 0 amide bonds. The molecule has 3 N–H and O–H groups in total. The van der Waals surface area contributed by atoms with Crippen molar-refractivity contribution in [3.63, 3.8) is 0 Å². The van der Waals surface area contributed by atoms with Crippen LogP contribution in [0.5, 0.6) is 0 Å². The third kappa shape index (κ3) is 8.12. The number of aliphatic hydroxyl groups excluding tert-OH is 1. The average Bonchev–Trinajstić information content (AvgIpc) is 2.84. The Bertz CT molecular complexity index is 913. The summed E-state index contributed by atoms with van der Waals surface area (Å²) >= 11 is 0. The molecule has 1 saturated heterocycles. The van der Waals surface area contributed by atoms with Crippen LogP contribution in [0.1, 0.15) is 50.9 Å². The van der Waals surface area contributed by atoms with Crippen LogP contribution < -0.4 is 10.6 Å². The van der Waals surface area contributed by atoms with Crippen molar-refractivity contribution in [3.8, 4) is 0 Å². The van der Waals surface area contributed by atoms with Gasteiger partial charge in [0.15, 0.2) is 0 Å². The normalized spacial score (nSPS) is 18.2. The van der Waals surface area contributed by atoms with Crippen LogP contribution in [0.15, 0.2) is 35.6 Å². The van der Waals surface area contributed by atoms with Gasteiger partial charge >= 0.3 is 0 Å². The number of nitrogens with two attached hydrogens (primary N) is 1. The molecule has 2 rings (SSSR count). The number of aromatic nitrogens is 1. The van der Waals surface area contributed by atoms with Crippen molar-refractivity contribution in [1.82, 2.24) is 4.98 Å². The number of allylic oxidation sites excluding steroid dienone is 5. The highest BCUT2D eigenvalue weighted by Gasteiger charge is 2.28. The number of anilines is 1. The Morgan fingerprint density at radius 1 is 1.34 bits per heavy atom. The summed E-state index contributed by atoms with van der Waals surface area (Å²) in [5.74, 6) is 1.15. The van der Waals surface area contributed by atoms with Gasteiger partial charge in [-0.25, -0.2) is 13.8 Å². The number of halogens is 2. The molecule has 0 unspecified atom stereocenters. The lowest BCUT2D eigenvalue weighted by molar-refractivity contribution is 0.0722. The van der Waals surface area contributed by atoms with Crippen LogP contribution in [0.25, 0.3) is 5.57 Å². The number of hydrogen-bond acceptors (Lipinski definition) is 6. The molecule has 6 nitrogen and oxygen atoms in total. The minimum atomic E-state index is -2.70. The summed E-state index contributed by atoms with van der Waals surface area (Å²) in [4.78, 5) is 6.95. The van der Waals surface area contributed by atoms with Crippen molar-refractivity contribution in [2.75, 3.05) is 44.5 Å². The van der Waals surface area contributed by atoms with Crippen LogP contribution >= 0.6 is 0 Å². The Morgan fingerprint density at radius 3 is 2.69 bits per heavy atom. The standard InChI is InChI=1S/C27H41F2N3O3/c1-6-20(30)13-25(26(28)29)23(7-2)24-14-21(9-8-11-34-16-18(3)4)31-27(19(24)5)32-10-12-35-17-22(32)15-33/h6-7,13-14,18,22,26,33H,8-12,15-17,30H2,1-5H3/b20-6-,23-7-,25-13+/t22-/m1/s1. The predicted molar refractivity (Wildman–Crippen MR) is 138 cm³/mol. The van der Waals surface area contributed by atoms with Crippen molar-refractivity contribution in [1.29, 1.82) is 0 Å². The van der Waals surface area contributed by atoms with Crippen molar-refractivity contribution in [2.45, 2.75) is 59.9 Å². The highest BCUT2D eigenvalue weighted by atomic mass is 19.3. The van der Waals surface area contributed by atoms with E-state index in [1.807, 2.05) is 17.9 Å². The third-order valence-corrected chi connectivity index (χ3v) is 5.96. The Balaban J connectivity index is 2.54. The lowest BCUT2D eigenvalue weighted by Crippen LogP contribution is -2.48. The number of rotatable bonds is 12. The molecule has 0 spiro atoms. The van der Waals surface area contributed by atoms with Crippen LogP contribution in [0.2, 0.25) is 0 Å².